The van der Waals surface area contributed by atoms with Crippen LogP contribution in [0.25, 0.3) is 0 Å². The molecular formula is C10H14O2. The van der Waals surface area contributed by atoms with Gasteiger partial charge >= 0.3 is 0 Å². The Hall–Kier alpha value is -1.18. The average Bonchev–Trinajstić information content (AvgIpc) is 2.27. The minimum Gasteiger partial charge on any atom is -0.493 e. The third-order valence-electron chi connectivity index (χ3n) is 1.81. The van der Waals surface area contributed by atoms with Gasteiger partial charge in [0.05, 0.1) is 14.2 Å². The Labute approximate surface area is 73.2 Å². The maximum absolute atomic E-state index is 5.16. The molecule has 12 heavy (non-hydrogen) atoms. The lowest BCUT2D eigenvalue weighted by molar-refractivity contribution is 0.220. The van der Waals surface area contributed by atoms with Gasteiger partial charge in [-0.25, -0.2) is 0 Å². The summed E-state index contributed by atoms with van der Waals surface area (Å²) in [6, 6.07) is 0. The molecule has 0 aromatic rings. The lowest BCUT2D eigenvalue weighted by Crippen LogP contribution is -1.93. The highest BCUT2D eigenvalue weighted by Crippen LogP contribution is 2.18. The topological polar surface area (TPSA) is 18.5 Å². The van der Waals surface area contributed by atoms with Crippen LogP contribution in [-0.4, -0.2) is 14.2 Å². The summed E-state index contributed by atoms with van der Waals surface area (Å²) < 4.78 is 10.3. The van der Waals surface area contributed by atoms with Crippen molar-refractivity contribution in [2.45, 2.75) is 13.3 Å². The molecule has 0 aromatic carbocycles. The molecule has 0 aromatic heterocycles. The maximum atomic E-state index is 5.16. The van der Waals surface area contributed by atoms with Gasteiger partial charge in [0, 0.05) is 0 Å². The van der Waals surface area contributed by atoms with Crippen LogP contribution < -0.4 is 0 Å². The first-order valence-electron chi connectivity index (χ1n) is 3.94. The number of rotatable bonds is 2. The highest BCUT2D eigenvalue weighted by Gasteiger charge is 2.06. The van der Waals surface area contributed by atoms with Crippen molar-refractivity contribution in [3.8, 4) is 0 Å². The van der Waals surface area contributed by atoms with Gasteiger partial charge in [-0.3, -0.25) is 0 Å². The van der Waals surface area contributed by atoms with Gasteiger partial charge in [-0.15, -0.1) is 0 Å². The van der Waals surface area contributed by atoms with E-state index < -0.39 is 0 Å². The Bertz CT molecular complexity index is 247. The SMILES string of the molecule is COC1=CC=C(C)CC=C1OC. The van der Waals surface area contributed by atoms with Crippen LogP contribution in [-0.2, 0) is 9.47 Å². The van der Waals surface area contributed by atoms with Crippen molar-refractivity contribution >= 4 is 0 Å². The zero-order chi connectivity index (χ0) is 8.97. The molecule has 1 rings (SSSR count). The second-order valence-corrected chi connectivity index (χ2v) is 2.72. The molecule has 1 aliphatic rings. The summed E-state index contributed by atoms with van der Waals surface area (Å²) in [5, 5.41) is 0. The summed E-state index contributed by atoms with van der Waals surface area (Å²) >= 11 is 0. The fourth-order valence-electron chi connectivity index (χ4n) is 1.07. The molecular weight excluding hydrogens is 152 g/mol. The summed E-state index contributed by atoms with van der Waals surface area (Å²) in [6.45, 7) is 2.08. The number of allylic oxidation sites excluding steroid dienone is 4. The first kappa shape index (κ1) is 8.91. The van der Waals surface area contributed by atoms with Crippen LogP contribution in [0.5, 0.6) is 0 Å². The van der Waals surface area contributed by atoms with Gasteiger partial charge in [-0.2, -0.15) is 0 Å². The number of ether oxygens (including phenoxy) is 2. The third kappa shape index (κ3) is 1.91. The van der Waals surface area contributed by atoms with E-state index in [0.29, 0.717) is 0 Å². The molecule has 0 heterocycles. The van der Waals surface area contributed by atoms with Crippen molar-refractivity contribution in [2.75, 3.05) is 14.2 Å². The van der Waals surface area contributed by atoms with E-state index in [0.717, 1.165) is 17.9 Å². The quantitative estimate of drug-likeness (QED) is 0.627. The molecule has 2 heteroatoms. The van der Waals surface area contributed by atoms with Crippen molar-refractivity contribution in [1.29, 1.82) is 0 Å². The smallest absolute Gasteiger partial charge is 0.160 e. The van der Waals surface area contributed by atoms with Crippen LogP contribution in [0, 0.1) is 0 Å². The van der Waals surface area contributed by atoms with Crippen LogP contribution >= 0.6 is 0 Å². The first-order chi connectivity index (χ1) is 5.77. The molecule has 0 amide bonds. The number of methoxy groups -OCH3 is 2. The van der Waals surface area contributed by atoms with Gasteiger partial charge in [0.2, 0.25) is 0 Å². The van der Waals surface area contributed by atoms with Crippen molar-refractivity contribution in [2.24, 2.45) is 0 Å². The molecule has 0 fully saturated rings. The minimum absolute atomic E-state index is 0.786. The van der Waals surface area contributed by atoms with Gasteiger partial charge in [-0.1, -0.05) is 11.6 Å². The van der Waals surface area contributed by atoms with Gasteiger partial charge in [0.15, 0.2) is 11.5 Å². The molecule has 0 unspecified atom stereocenters. The molecule has 0 aliphatic heterocycles. The second-order valence-electron chi connectivity index (χ2n) is 2.72. The Morgan fingerprint density at radius 1 is 1.08 bits per heavy atom. The Balaban J connectivity index is 2.89. The van der Waals surface area contributed by atoms with Crippen molar-refractivity contribution in [3.05, 3.63) is 35.3 Å². The molecule has 0 atom stereocenters. The maximum Gasteiger partial charge on any atom is 0.160 e. The summed E-state index contributed by atoms with van der Waals surface area (Å²) in [5.41, 5.74) is 1.30. The highest BCUT2D eigenvalue weighted by atomic mass is 16.5. The fraction of sp³-hybridized carbons (Fsp3) is 0.400. The van der Waals surface area contributed by atoms with Crippen LogP contribution in [0.2, 0.25) is 0 Å². The molecule has 0 spiro atoms. The third-order valence-corrected chi connectivity index (χ3v) is 1.81. The van der Waals surface area contributed by atoms with E-state index in [1.165, 1.54) is 5.57 Å². The van der Waals surface area contributed by atoms with E-state index >= 15 is 0 Å². The van der Waals surface area contributed by atoms with Crippen LogP contribution in [0.4, 0.5) is 0 Å². The Morgan fingerprint density at radius 2 is 1.75 bits per heavy atom. The predicted molar refractivity (Wildman–Crippen MR) is 48.6 cm³/mol. The summed E-state index contributed by atoms with van der Waals surface area (Å²) in [6.07, 6.45) is 6.92. The van der Waals surface area contributed by atoms with E-state index in [4.69, 9.17) is 9.47 Å². The molecule has 0 saturated heterocycles. The van der Waals surface area contributed by atoms with E-state index in [-0.39, 0.29) is 0 Å². The van der Waals surface area contributed by atoms with Crippen LogP contribution in [0.15, 0.2) is 35.3 Å². The van der Waals surface area contributed by atoms with Crippen LogP contribution in [0.3, 0.4) is 0 Å². The highest BCUT2D eigenvalue weighted by molar-refractivity contribution is 5.30. The van der Waals surface area contributed by atoms with Gasteiger partial charge in [0.1, 0.15) is 0 Å². The first-order valence-corrected chi connectivity index (χ1v) is 3.94. The lowest BCUT2D eigenvalue weighted by atomic mass is 10.2. The van der Waals surface area contributed by atoms with Crippen molar-refractivity contribution in [3.63, 3.8) is 0 Å². The standard InChI is InChI=1S/C10H14O2/c1-8-4-6-9(11-2)10(12-3)7-5-8/h4,6-7H,5H2,1-3H3. The number of hydrogen-bond donors (Lipinski definition) is 0. The zero-order valence-electron chi connectivity index (χ0n) is 7.76. The van der Waals surface area contributed by atoms with E-state index in [1.54, 1.807) is 14.2 Å². The normalized spacial score (nSPS) is 17.1. The predicted octanol–water partition coefficient (Wildman–Crippen LogP) is 2.40. The Morgan fingerprint density at radius 3 is 2.33 bits per heavy atom. The molecule has 2 nitrogen and oxygen atoms in total. The van der Waals surface area contributed by atoms with E-state index in [2.05, 4.69) is 6.92 Å². The number of hydrogen-bond acceptors (Lipinski definition) is 2. The lowest BCUT2D eigenvalue weighted by Gasteiger charge is -2.07. The fourth-order valence-corrected chi connectivity index (χ4v) is 1.07. The average molecular weight is 166 g/mol. The molecule has 0 saturated carbocycles. The van der Waals surface area contributed by atoms with E-state index in [9.17, 15) is 0 Å². The van der Waals surface area contributed by atoms with E-state index in [1.807, 2.05) is 18.2 Å². The summed E-state index contributed by atoms with van der Waals surface area (Å²) in [4.78, 5) is 0. The molecule has 0 N–H and O–H groups in total. The van der Waals surface area contributed by atoms with Crippen LogP contribution in [0.1, 0.15) is 13.3 Å². The monoisotopic (exact) mass is 166 g/mol. The largest absolute Gasteiger partial charge is 0.493 e. The van der Waals surface area contributed by atoms with Gasteiger partial charge in [0.25, 0.3) is 0 Å². The van der Waals surface area contributed by atoms with Crippen molar-refractivity contribution < 1.29 is 9.47 Å². The molecule has 66 valence electrons. The second kappa shape index (κ2) is 4.00. The van der Waals surface area contributed by atoms with Gasteiger partial charge < -0.3 is 9.47 Å². The molecule has 1 aliphatic carbocycles. The summed E-state index contributed by atoms with van der Waals surface area (Å²) in [7, 11) is 3.30. The Kier molecular flexibility index (Phi) is 2.97. The van der Waals surface area contributed by atoms with Crippen molar-refractivity contribution in [1.82, 2.24) is 0 Å². The minimum atomic E-state index is 0.786. The summed E-state index contributed by atoms with van der Waals surface area (Å²) in [5.74, 6) is 1.60. The zero-order valence-corrected chi connectivity index (χ0v) is 7.76. The molecule has 0 bridgehead atoms. The molecule has 0 radical (unpaired) electrons. The van der Waals surface area contributed by atoms with Gasteiger partial charge in [-0.05, 0) is 25.5 Å².